The monoisotopic (exact) mass is 397 g/mol. The third-order valence-electron chi connectivity index (χ3n) is 4.12. The maximum absolute atomic E-state index is 13.1. The lowest BCUT2D eigenvalue weighted by atomic mass is 10.2. The van der Waals surface area contributed by atoms with Gasteiger partial charge < -0.3 is 5.32 Å². The van der Waals surface area contributed by atoms with Crippen LogP contribution in [0, 0.1) is 12.7 Å². The van der Waals surface area contributed by atoms with Gasteiger partial charge in [0.1, 0.15) is 11.0 Å². The van der Waals surface area contributed by atoms with Crippen LogP contribution in [-0.4, -0.2) is 35.6 Å². The van der Waals surface area contributed by atoms with Crippen LogP contribution in [0.1, 0.15) is 23.7 Å². The third kappa shape index (κ3) is 4.13. The van der Waals surface area contributed by atoms with Gasteiger partial charge >= 0.3 is 0 Å². The van der Waals surface area contributed by atoms with Crippen molar-refractivity contribution in [1.29, 1.82) is 0 Å². The minimum atomic E-state index is -3.06. The van der Waals surface area contributed by atoms with Gasteiger partial charge in [-0.25, -0.2) is 17.5 Å². The Morgan fingerprint density at radius 3 is 2.88 bits per heavy atom. The number of hydrogen-bond donors (Lipinski definition) is 1. The first kappa shape index (κ1) is 18.6. The average Bonchev–Trinajstić information content (AvgIpc) is 3.05. The molecule has 0 radical (unpaired) electrons. The topological polar surface area (TPSA) is 81.1 Å². The Hall–Kier alpha value is -2.19. The molecule has 1 aliphatic heterocycles. The molecule has 2 heterocycles. The number of rotatable bonds is 4. The Bertz CT molecular complexity index is 985. The second-order valence-corrected chi connectivity index (χ2v) is 8.71. The van der Waals surface area contributed by atoms with Crippen molar-refractivity contribution in [1.82, 2.24) is 9.78 Å². The summed E-state index contributed by atoms with van der Waals surface area (Å²) in [6, 6.07) is 5.27. The Balaban J connectivity index is 1.75. The van der Waals surface area contributed by atoms with E-state index in [1.165, 1.54) is 35.0 Å². The Morgan fingerprint density at radius 2 is 2.23 bits per heavy atom. The summed E-state index contributed by atoms with van der Waals surface area (Å²) in [5.74, 6) is -0.758. The number of nitrogens with zero attached hydrogens (tertiary/aromatic N) is 2. The van der Waals surface area contributed by atoms with E-state index in [2.05, 4.69) is 10.4 Å². The Kier molecular flexibility index (Phi) is 5.15. The van der Waals surface area contributed by atoms with Crippen molar-refractivity contribution in [2.75, 3.05) is 16.8 Å². The molecule has 1 atom stereocenters. The molecule has 0 bridgehead atoms. The van der Waals surface area contributed by atoms with Crippen LogP contribution in [0.3, 0.4) is 0 Å². The van der Waals surface area contributed by atoms with Crippen LogP contribution < -0.4 is 5.32 Å². The van der Waals surface area contributed by atoms with E-state index in [-0.39, 0.29) is 17.5 Å². The molecule has 1 N–H and O–H groups in total. The zero-order valence-electron chi connectivity index (χ0n) is 13.9. The smallest absolute Gasteiger partial charge is 0.248 e. The quantitative estimate of drug-likeness (QED) is 0.804. The second kappa shape index (κ2) is 7.20. The third-order valence-corrected chi connectivity index (χ3v) is 6.25. The molecule has 26 heavy (non-hydrogen) atoms. The molecule has 2 aromatic rings. The van der Waals surface area contributed by atoms with Crippen molar-refractivity contribution >= 4 is 39.1 Å². The minimum absolute atomic E-state index is 0.0110. The van der Waals surface area contributed by atoms with Crippen LogP contribution in [-0.2, 0) is 14.6 Å². The average molecular weight is 398 g/mol. The van der Waals surface area contributed by atoms with Crippen molar-refractivity contribution in [3.05, 3.63) is 52.6 Å². The van der Waals surface area contributed by atoms with Crippen LogP contribution in [0.4, 0.5) is 10.1 Å². The molecule has 9 heteroatoms. The highest BCUT2D eigenvalue weighted by atomic mass is 35.5. The first-order chi connectivity index (χ1) is 12.2. The number of aromatic nitrogens is 2. The molecule has 1 saturated heterocycles. The molecular weight excluding hydrogens is 381 g/mol. The fraction of sp³-hybridized carbons (Fsp3) is 0.294. The lowest BCUT2D eigenvalue weighted by molar-refractivity contribution is -0.111. The molecule has 1 aliphatic rings. The SMILES string of the molecule is Cc1nn([C@H]2CCS(=O)(=O)C2)c(Cl)c1/C=C/C(=O)Nc1cccc(F)c1. The molecule has 6 nitrogen and oxygen atoms in total. The molecule has 1 aromatic carbocycles. The molecule has 138 valence electrons. The van der Waals surface area contributed by atoms with E-state index in [0.717, 1.165) is 0 Å². The number of nitrogens with one attached hydrogen (secondary N) is 1. The predicted octanol–water partition coefficient (Wildman–Crippen LogP) is 3.00. The molecule has 1 amide bonds. The van der Waals surface area contributed by atoms with Gasteiger partial charge in [0, 0.05) is 17.3 Å². The maximum atomic E-state index is 13.1. The molecule has 1 aromatic heterocycles. The number of amides is 1. The van der Waals surface area contributed by atoms with Gasteiger partial charge in [0.25, 0.3) is 0 Å². The lowest BCUT2D eigenvalue weighted by Crippen LogP contribution is -2.12. The van der Waals surface area contributed by atoms with E-state index in [0.29, 0.717) is 28.5 Å². The van der Waals surface area contributed by atoms with E-state index in [4.69, 9.17) is 11.6 Å². The summed E-state index contributed by atoms with van der Waals surface area (Å²) in [5, 5.41) is 7.16. The standard InChI is InChI=1S/C17H17ClFN3O3S/c1-11-15(5-6-16(23)20-13-4-2-3-12(19)9-13)17(18)22(21-11)14-7-8-26(24,25)10-14/h2-6,9,14H,7-8,10H2,1H3,(H,20,23)/b6-5+/t14-/m0/s1. The highest BCUT2D eigenvalue weighted by Crippen LogP contribution is 2.30. The molecule has 3 rings (SSSR count). The minimum Gasteiger partial charge on any atom is -0.322 e. The molecule has 0 spiro atoms. The number of aryl methyl sites for hydroxylation is 1. The molecule has 0 saturated carbocycles. The predicted molar refractivity (Wildman–Crippen MR) is 98.3 cm³/mol. The van der Waals surface area contributed by atoms with Crippen LogP contribution in [0.5, 0.6) is 0 Å². The number of carbonyl (C=O) groups excluding carboxylic acids is 1. The van der Waals surface area contributed by atoms with Crippen molar-refractivity contribution in [2.24, 2.45) is 0 Å². The van der Waals surface area contributed by atoms with Crippen LogP contribution in [0.25, 0.3) is 6.08 Å². The summed E-state index contributed by atoms with van der Waals surface area (Å²) in [6.07, 6.45) is 3.25. The lowest BCUT2D eigenvalue weighted by Gasteiger charge is -2.09. The second-order valence-electron chi connectivity index (χ2n) is 6.12. The van der Waals surface area contributed by atoms with Crippen molar-refractivity contribution in [3.8, 4) is 0 Å². The van der Waals surface area contributed by atoms with Crippen molar-refractivity contribution in [3.63, 3.8) is 0 Å². The summed E-state index contributed by atoms with van der Waals surface area (Å²) < 4.78 is 37.9. The number of carbonyl (C=O) groups is 1. The number of sulfone groups is 1. The number of halogens is 2. The maximum Gasteiger partial charge on any atom is 0.248 e. The highest BCUT2D eigenvalue weighted by Gasteiger charge is 2.31. The van der Waals surface area contributed by atoms with E-state index in [1.807, 2.05) is 0 Å². The van der Waals surface area contributed by atoms with Gasteiger partial charge in [0.2, 0.25) is 5.91 Å². The van der Waals surface area contributed by atoms with Gasteiger partial charge in [0.05, 0.1) is 23.2 Å². The fourth-order valence-electron chi connectivity index (χ4n) is 2.84. The highest BCUT2D eigenvalue weighted by molar-refractivity contribution is 7.91. The summed E-state index contributed by atoms with van der Waals surface area (Å²) in [5.41, 5.74) is 1.48. The number of anilines is 1. The van der Waals surface area contributed by atoms with Gasteiger partial charge in [-0.1, -0.05) is 17.7 Å². The zero-order valence-corrected chi connectivity index (χ0v) is 15.5. The van der Waals surface area contributed by atoms with Gasteiger partial charge in [-0.05, 0) is 37.6 Å². The first-order valence-corrected chi connectivity index (χ1v) is 10.1. The largest absolute Gasteiger partial charge is 0.322 e. The fourth-order valence-corrected chi connectivity index (χ4v) is 4.91. The van der Waals surface area contributed by atoms with Crippen LogP contribution >= 0.6 is 11.6 Å². The van der Waals surface area contributed by atoms with Crippen LogP contribution in [0.2, 0.25) is 5.15 Å². The number of hydrogen-bond acceptors (Lipinski definition) is 4. The molecular formula is C17H17ClFN3O3S. The van der Waals surface area contributed by atoms with Gasteiger partial charge in [-0.15, -0.1) is 0 Å². The molecule has 0 unspecified atom stereocenters. The number of benzene rings is 1. The van der Waals surface area contributed by atoms with Gasteiger partial charge in [0.15, 0.2) is 9.84 Å². The van der Waals surface area contributed by atoms with Gasteiger partial charge in [-0.3, -0.25) is 4.79 Å². The summed E-state index contributed by atoms with van der Waals surface area (Å²) in [7, 11) is -3.06. The van der Waals surface area contributed by atoms with Crippen molar-refractivity contribution < 1.29 is 17.6 Å². The van der Waals surface area contributed by atoms with E-state index >= 15 is 0 Å². The zero-order chi connectivity index (χ0) is 18.9. The Labute approximate surface area is 155 Å². The van der Waals surface area contributed by atoms with Crippen molar-refractivity contribution in [2.45, 2.75) is 19.4 Å². The first-order valence-electron chi connectivity index (χ1n) is 7.95. The molecule has 0 aliphatic carbocycles. The summed E-state index contributed by atoms with van der Waals surface area (Å²) >= 11 is 6.34. The van der Waals surface area contributed by atoms with E-state index in [9.17, 15) is 17.6 Å². The Morgan fingerprint density at radius 1 is 1.46 bits per heavy atom. The normalized spacial score (nSPS) is 19.1. The molecule has 1 fully saturated rings. The van der Waals surface area contributed by atoms with Crippen LogP contribution in [0.15, 0.2) is 30.3 Å². The van der Waals surface area contributed by atoms with E-state index in [1.54, 1.807) is 13.0 Å². The van der Waals surface area contributed by atoms with E-state index < -0.39 is 21.6 Å². The summed E-state index contributed by atoms with van der Waals surface area (Å²) in [4.78, 5) is 12.0. The summed E-state index contributed by atoms with van der Waals surface area (Å²) in [6.45, 7) is 1.73. The van der Waals surface area contributed by atoms with Gasteiger partial charge in [-0.2, -0.15) is 5.10 Å².